The molecule has 490 valence electrons. The van der Waals surface area contributed by atoms with Gasteiger partial charge in [-0.1, -0.05) is 23.2 Å². The molecule has 4 aliphatic rings. The van der Waals surface area contributed by atoms with E-state index in [0.717, 1.165) is 61.0 Å². The largest absolute Gasteiger partial charge is 0.484 e. The number of fused-ring (bicyclic) bond motifs is 2. The van der Waals surface area contributed by atoms with Gasteiger partial charge in [0.1, 0.15) is 23.7 Å². The fourth-order valence-corrected chi connectivity index (χ4v) is 14.5. The molecule has 24 nitrogen and oxygen atoms in total. The van der Waals surface area contributed by atoms with Crippen molar-refractivity contribution < 1.29 is 54.8 Å². The molecule has 2 aliphatic heterocycles. The number of sulfonamides is 2. The lowest BCUT2D eigenvalue weighted by molar-refractivity contribution is 0.0516. The lowest BCUT2D eigenvalue weighted by atomic mass is 10.0. The Morgan fingerprint density at radius 3 is 1.30 bits per heavy atom. The first-order valence-corrected chi connectivity index (χ1v) is 34.4. The Morgan fingerprint density at radius 1 is 0.556 bits per heavy atom. The molecule has 0 radical (unpaired) electrons. The van der Waals surface area contributed by atoms with Gasteiger partial charge in [0.15, 0.2) is 0 Å². The molecule has 2 fully saturated rings. The number of halogens is 2. The third-order valence-electron chi connectivity index (χ3n) is 16.3. The summed E-state index contributed by atoms with van der Waals surface area (Å²) in [5.41, 5.74) is 18.5. The van der Waals surface area contributed by atoms with E-state index < -0.39 is 32.3 Å². The second kappa shape index (κ2) is 34.1. The molecule has 0 saturated carbocycles. The second-order valence-electron chi connectivity index (χ2n) is 22.9. The summed E-state index contributed by atoms with van der Waals surface area (Å²) in [6.07, 6.45) is 5.46. The van der Waals surface area contributed by atoms with Gasteiger partial charge >= 0.3 is 12.1 Å². The fourth-order valence-electron chi connectivity index (χ4n) is 11.8. The third kappa shape index (κ3) is 19.8. The maximum absolute atomic E-state index is 13.2. The Bertz CT molecular complexity index is 3190. The minimum Gasteiger partial charge on any atom is -0.484 e. The molecule has 0 unspecified atom stereocenters. The standard InChI is InChI=1S/C62H84Cl2N12O12S2/c1-41-29-49(9-11-57(41)87-59-53-33-45(63)31-43(37-65)51(53)35-55(59)75-19-5-7-47(67)39-75)89(79,80)73-17-23-85-27-25-83-21-15-71-61(77)69-13-3-4-14-70-62(78)72-16-22-84-26-28-86-24-18-74-90(81,82)50-10-12-58(42(2)30-50)88-60-54-34-46(64)32-44(38-66)52(54)36-56(60)76-20-6-8-48(68)40-76/h9-12,29-34,47-48,55-56,59-60,73-74H,3-8,13-28,35-36,39-40,67-68H2,1-2H3,(H2,69,71,77)(H2,70,72,78)/t47-,48-,55+,56+,59+,60+/m1/s1. The quantitative estimate of drug-likeness (QED) is 0.0291. The zero-order valence-corrected chi connectivity index (χ0v) is 54.2. The molecule has 10 N–H and O–H groups in total. The molecular weight excluding hydrogens is 1240 g/mol. The highest BCUT2D eigenvalue weighted by Gasteiger charge is 2.43. The number of urea groups is 2. The molecule has 6 atom stereocenters. The number of hydrogen-bond donors (Lipinski definition) is 8. The van der Waals surface area contributed by atoms with Gasteiger partial charge in [0.25, 0.3) is 0 Å². The molecule has 4 amide bonds. The van der Waals surface area contributed by atoms with Crippen LogP contribution in [-0.4, -0.2) is 181 Å². The number of carbonyl (C=O) groups excluding carboxylic acids is 2. The molecule has 0 bridgehead atoms. The third-order valence-corrected chi connectivity index (χ3v) is 19.6. The summed E-state index contributed by atoms with van der Waals surface area (Å²) < 4.78 is 93.5. The Morgan fingerprint density at radius 2 is 0.933 bits per heavy atom. The van der Waals surface area contributed by atoms with Gasteiger partial charge in [0.2, 0.25) is 20.0 Å². The smallest absolute Gasteiger partial charge is 0.314 e. The van der Waals surface area contributed by atoms with Crippen LogP contribution >= 0.6 is 23.2 Å². The Kier molecular flexibility index (Phi) is 26.5. The van der Waals surface area contributed by atoms with Crippen molar-refractivity contribution in [3.8, 4) is 23.6 Å². The summed E-state index contributed by atoms with van der Waals surface area (Å²) in [6, 6.07) is 20.3. The highest BCUT2D eigenvalue weighted by molar-refractivity contribution is 7.89. The molecule has 4 aromatic carbocycles. The van der Waals surface area contributed by atoms with Crippen molar-refractivity contribution in [2.24, 2.45) is 11.5 Å². The van der Waals surface area contributed by atoms with E-state index in [-0.39, 0.29) is 125 Å². The van der Waals surface area contributed by atoms with Gasteiger partial charge < -0.3 is 61.2 Å². The minimum absolute atomic E-state index is 0.0400. The van der Waals surface area contributed by atoms with Crippen LogP contribution in [0.25, 0.3) is 0 Å². The van der Waals surface area contributed by atoms with Crippen LogP contribution in [-0.2, 0) is 51.8 Å². The number of carbonyl (C=O) groups is 2. The monoisotopic (exact) mass is 1320 g/mol. The first-order chi connectivity index (χ1) is 43.3. The number of aryl methyl sites for hydroxylation is 2. The van der Waals surface area contributed by atoms with E-state index in [1.807, 2.05) is 12.1 Å². The number of nitriles is 2. The van der Waals surface area contributed by atoms with Crippen molar-refractivity contribution in [3.05, 3.63) is 115 Å². The number of nitrogens with one attached hydrogen (secondary N) is 6. The van der Waals surface area contributed by atoms with Gasteiger partial charge in [0, 0.05) is 74.5 Å². The molecule has 90 heavy (non-hydrogen) atoms. The van der Waals surface area contributed by atoms with Crippen LogP contribution < -0.4 is 51.7 Å². The summed E-state index contributed by atoms with van der Waals surface area (Å²) in [5, 5.41) is 31.6. The van der Waals surface area contributed by atoms with Gasteiger partial charge in [-0.25, -0.2) is 35.9 Å². The number of rotatable bonds is 33. The van der Waals surface area contributed by atoms with E-state index in [1.54, 1.807) is 50.2 Å². The first kappa shape index (κ1) is 70.0. The van der Waals surface area contributed by atoms with Gasteiger partial charge in [0.05, 0.1) is 98.0 Å². The minimum atomic E-state index is -3.86. The summed E-state index contributed by atoms with van der Waals surface area (Å²) in [7, 11) is -7.72. The highest BCUT2D eigenvalue weighted by atomic mass is 35.5. The van der Waals surface area contributed by atoms with Crippen molar-refractivity contribution in [1.82, 2.24) is 40.5 Å². The van der Waals surface area contributed by atoms with Crippen LogP contribution in [0.4, 0.5) is 9.59 Å². The number of nitrogens with two attached hydrogens (primary N) is 2. The average Bonchev–Trinajstić information content (AvgIpc) is 1.63. The van der Waals surface area contributed by atoms with Gasteiger partial charge in [-0.3, -0.25) is 9.80 Å². The predicted octanol–water partition coefficient (Wildman–Crippen LogP) is 4.99. The number of ether oxygens (including phenoxy) is 6. The lowest BCUT2D eigenvalue weighted by Gasteiger charge is -2.38. The Labute approximate surface area is 538 Å². The zero-order valence-electron chi connectivity index (χ0n) is 51.0. The summed E-state index contributed by atoms with van der Waals surface area (Å²) in [4.78, 5) is 29.2. The lowest BCUT2D eigenvalue weighted by Crippen LogP contribution is -2.49. The molecule has 2 saturated heterocycles. The fraction of sp³-hybridized carbons (Fsp3) is 0.548. The molecular formula is C62H84Cl2N12O12S2. The van der Waals surface area contributed by atoms with E-state index in [2.05, 4.69) is 52.6 Å². The number of likely N-dealkylation sites (tertiary alicyclic amines) is 2. The summed E-state index contributed by atoms with van der Waals surface area (Å²) >= 11 is 12.9. The van der Waals surface area contributed by atoms with Crippen LogP contribution in [0.1, 0.15) is 95.2 Å². The maximum Gasteiger partial charge on any atom is 0.314 e. The van der Waals surface area contributed by atoms with E-state index >= 15 is 0 Å². The van der Waals surface area contributed by atoms with E-state index in [1.165, 1.54) is 12.1 Å². The van der Waals surface area contributed by atoms with Gasteiger partial charge in [-0.05, 0) is 172 Å². The van der Waals surface area contributed by atoms with Crippen LogP contribution in [0.2, 0.25) is 10.0 Å². The Hall–Kier alpha value is -5.92. The number of hydrogen-bond acceptors (Lipinski definition) is 18. The van der Waals surface area contributed by atoms with Crippen LogP contribution in [0.5, 0.6) is 11.5 Å². The number of benzene rings is 4. The number of nitrogens with zero attached hydrogens (tertiary/aromatic N) is 4. The normalized spacial score (nSPS) is 20.1. The van der Waals surface area contributed by atoms with Crippen molar-refractivity contribution >= 4 is 55.3 Å². The predicted molar refractivity (Wildman–Crippen MR) is 340 cm³/mol. The maximum atomic E-state index is 13.2. The van der Waals surface area contributed by atoms with Crippen LogP contribution in [0.15, 0.2) is 70.5 Å². The Balaban J connectivity index is 0.597. The second-order valence-corrected chi connectivity index (χ2v) is 27.3. The number of piperidine rings is 2. The average molecular weight is 1320 g/mol. The molecule has 2 heterocycles. The molecule has 8 rings (SSSR count). The van der Waals surface area contributed by atoms with E-state index in [9.17, 15) is 36.9 Å². The molecule has 0 spiro atoms. The molecule has 28 heteroatoms. The molecule has 0 aromatic heterocycles. The topological polar surface area (TPSA) is 336 Å². The van der Waals surface area contributed by atoms with Gasteiger partial charge in [-0.15, -0.1) is 0 Å². The van der Waals surface area contributed by atoms with Gasteiger partial charge in [-0.2, -0.15) is 10.5 Å². The van der Waals surface area contributed by atoms with E-state index in [0.29, 0.717) is 95.7 Å². The van der Waals surface area contributed by atoms with Crippen LogP contribution in [0.3, 0.4) is 0 Å². The van der Waals surface area contributed by atoms with Crippen molar-refractivity contribution in [3.63, 3.8) is 0 Å². The van der Waals surface area contributed by atoms with Crippen molar-refractivity contribution in [1.29, 1.82) is 10.5 Å². The summed E-state index contributed by atoms with van der Waals surface area (Å²) in [5.74, 6) is 1.06. The van der Waals surface area contributed by atoms with Crippen LogP contribution in [0, 0.1) is 36.5 Å². The SMILES string of the molecule is Cc1cc(S(=O)(=O)NCCOCCOCCNC(=O)NCCCCNC(=O)NCCOCCOCCNS(=O)(=O)c2ccc(O[C@H]3c4cc(Cl)cc(C#N)c4C[C@@H]3N3CCC[C@@H](N)C3)c(C)c2)ccc1O[C@H]1c2cc(Cl)cc(C#N)c2C[C@@H]1N1CCC[C@@H](N)C1. The number of amides is 4. The number of unbranched alkanes of at least 4 members (excludes halogenated alkanes) is 1. The molecule has 4 aromatic rings. The van der Waals surface area contributed by atoms with E-state index in [4.69, 9.17) is 63.1 Å². The summed E-state index contributed by atoms with van der Waals surface area (Å²) in [6.45, 7) is 9.81. The van der Waals surface area contributed by atoms with Crippen molar-refractivity contribution in [2.45, 2.75) is 111 Å². The first-order valence-electron chi connectivity index (χ1n) is 30.7. The van der Waals surface area contributed by atoms with Crippen molar-refractivity contribution in [2.75, 3.05) is 118 Å². The highest BCUT2D eigenvalue weighted by Crippen LogP contribution is 2.44. The molecule has 2 aliphatic carbocycles. The zero-order chi connectivity index (χ0) is 64.2.